The lowest BCUT2D eigenvalue weighted by molar-refractivity contribution is -0.140. The molecule has 1 heterocycles. The number of esters is 1. The van der Waals surface area contributed by atoms with Gasteiger partial charge in [0.05, 0.1) is 13.5 Å². The molecule has 1 aromatic rings. The molecule has 1 unspecified atom stereocenters. The summed E-state index contributed by atoms with van der Waals surface area (Å²) in [7, 11) is 3.38. The van der Waals surface area contributed by atoms with E-state index in [1.165, 1.54) is 12.7 Å². The third-order valence-electron chi connectivity index (χ3n) is 2.91. The highest BCUT2D eigenvalue weighted by molar-refractivity contribution is 5.68. The average molecular weight is 238 g/mol. The standard InChI is InChI=1S/C13H22N2O2/c1-10(2)13(14-3)11-5-7-15(9-11)8-6-12(16)17-4/h5,7,9-10,13-14H,6,8H2,1-4H3. The van der Waals surface area contributed by atoms with Crippen molar-refractivity contribution in [2.45, 2.75) is 32.9 Å². The Morgan fingerprint density at radius 3 is 2.76 bits per heavy atom. The van der Waals surface area contributed by atoms with Gasteiger partial charge in [0.2, 0.25) is 0 Å². The second-order valence-electron chi connectivity index (χ2n) is 4.52. The molecule has 0 amide bonds. The first-order valence-electron chi connectivity index (χ1n) is 5.98. The van der Waals surface area contributed by atoms with Crippen molar-refractivity contribution >= 4 is 5.97 Å². The maximum Gasteiger partial charge on any atom is 0.307 e. The lowest BCUT2D eigenvalue weighted by Gasteiger charge is -2.18. The van der Waals surface area contributed by atoms with Crippen LogP contribution in [0, 0.1) is 5.92 Å². The molecule has 1 atom stereocenters. The van der Waals surface area contributed by atoms with E-state index >= 15 is 0 Å². The van der Waals surface area contributed by atoms with E-state index in [1.807, 2.05) is 17.8 Å². The van der Waals surface area contributed by atoms with Crippen LogP contribution in [0.25, 0.3) is 0 Å². The van der Waals surface area contributed by atoms with Gasteiger partial charge in [0, 0.05) is 25.0 Å². The van der Waals surface area contributed by atoms with Gasteiger partial charge in [-0.25, -0.2) is 0 Å². The van der Waals surface area contributed by atoms with Crippen LogP contribution in [0.1, 0.15) is 31.9 Å². The molecule has 1 rings (SSSR count). The van der Waals surface area contributed by atoms with E-state index in [9.17, 15) is 4.79 Å². The number of carbonyl (C=O) groups excluding carboxylic acids is 1. The zero-order valence-electron chi connectivity index (χ0n) is 11.1. The SMILES string of the molecule is CNC(c1ccn(CCC(=O)OC)c1)C(C)C. The number of rotatable bonds is 6. The number of hydrogen-bond acceptors (Lipinski definition) is 3. The molecule has 0 bridgehead atoms. The van der Waals surface area contributed by atoms with E-state index in [2.05, 4.69) is 36.2 Å². The maximum atomic E-state index is 11.0. The second kappa shape index (κ2) is 6.45. The molecule has 0 aliphatic carbocycles. The van der Waals surface area contributed by atoms with Gasteiger partial charge >= 0.3 is 5.97 Å². The predicted octanol–water partition coefficient (Wildman–Crippen LogP) is 1.97. The molecule has 0 fully saturated rings. The van der Waals surface area contributed by atoms with Crippen molar-refractivity contribution in [3.8, 4) is 0 Å². The summed E-state index contributed by atoms with van der Waals surface area (Å²) >= 11 is 0. The van der Waals surface area contributed by atoms with Crippen molar-refractivity contribution in [2.75, 3.05) is 14.2 Å². The normalized spacial score (nSPS) is 12.8. The number of nitrogens with zero attached hydrogens (tertiary/aromatic N) is 1. The van der Waals surface area contributed by atoms with E-state index in [0.29, 0.717) is 24.9 Å². The van der Waals surface area contributed by atoms with Crippen molar-refractivity contribution in [2.24, 2.45) is 5.92 Å². The van der Waals surface area contributed by atoms with E-state index in [-0.39, 0.29) is 5.97 Å². The molecule has 4 heteroatoms. The van der Waals surface area contributed by atoms with Crippen LogP contribution in [-0.2, 0) is 16.1 Å². The quantitative estimate of drug-likeness (QED) is 0.770. The summed E-state index contributed by atoms with van der Waals surface area (Å²) in [4.78, 5) is 11.0. The van der Waals surface area contributed by atoms with Crippen molar-refractivity contribution in [1.82, 2.24) is 9.88 Å². The fourth-order valence-corrected chi connectivity index (χ4v) is 1.99. The van der Waals surface area contributed by atoms with Gasteiger partial charge in [-0.15, -0.1) is 0 Å². The zero-order chi connectivity index (χ0) is 12.8. The number of carbonyl (C=O) groups is 1. The summed E-state index contributed by atoms with van der Waals surface area (Å²) in [6.45, 7) is 5.04. The minimum atomic E-state index is -0.172. The molecular weight excluding hydrogens is 216 g/mol. The molecule has 0 aromatic carbocycles. The molecule has 0 spiro atoms. The molecule has 1 aromatic heterocycles. The number of aromatic nitrogens is 1. The Morgan fingerprint density at radius 1 is 1.53 bits per heavy atom. The highest BCUT2D eigenvalue weighted by atomic mass is 16.5. The Balaban J connectivity index is 2.61. The molecule has 0 aliphatic heterocycles. The molecule has 17 heavy (non-hydrogen) atoms. The first-order chi connectivity index (χ1) is 8.08. The summed E-state index contributed by atoms with van der Waals surface area (Å²) in [5.41, 5.74) is 1.26. The summed E-state index contributed by atoms with van der Waals surface area (Å²) in [5.74, 6) is 0.366. The van der Waals surface area contributed by atoms with Gasteiger partial charge in [0.25, 0.3) is 0 Å². The van der Waals surface area contributed by atoms with E-state index in [1.54, 1.807) is 0 Å². The Morgan fingerprint density at radius 2 is 2.24 bits per heavy atom. The fourth-order valence-electron chi connectivity index (χ4n) is 1.99. The largest absolute Gasteiger partial charge is 0.469 e. The molecule has 1 N–H and O–H groups in total. The number of nitrogens with one attached hydrogen (secondary N) is 1. The number of hydrogen-bond donors (Lipinski definition) is 1. The highest BCUT2D eigenvalue weighted by Crippen LogP contribution is 2.21. The highest BCUT2D eigenvalue weighted by Gasteiger charge is 2.14. The summed E-state index contributed by atoms with van der Waals surface area (Å²) in [6, 6.07) is 2.45. The van der Waals surface area contributed by atoms with Gasteiger partial charge < -0.3 is 14.6 Å². The Hall–Kier alpha value is -1.29. The second-order valence-corrected chi connectivity index (χ2v) is 4.52. The summed E-state index contributed by atoms with van der Waals surface area (Å²) < 4.78 is 6.65. The third kappa shape index (κ3) is 3.89. The first kappa shape index (κ1) is 13.8. The van der Waals surface area contributed by atoms with Crippen LogP contribution in [-0.4, -0.2) is 24.7 Å². The smallest absolute Gasteiger partial charge is 0.307 e. The summed E-state index contributed by atoms with van der Waals surface area (Å²) in [6.07, 6.45) is 4.51. The number of aryl methyl sites for hydroxylation is 1. The van der Waals surface area contributed by atoms with Crippen molar-refractivity contribution < 1.29 is 9.53 Å². The average Bonchev–Trinajstić information content (AvgIpc) is 2.75. The lowest BCUT2D eigenvalue weighted by atomic mass is 9.99. The zero-order valence-corrected chi connectivity index (χ0v) is 11.1. The van der Waals surface area contributed by atoms with E-state index < -0.39 is 0 Å². The van der Waals surface area contributed by atoms with Crippen LogP contribution in [0.5, 0.6) is 0 Å². The van der Waals surface area contributed by atoms with Crippen LogP contribution in [0.2, 0.25) is 0 Å². The molecule has 0 aliphatic rings. The van der Waals surface area contributed by atoms with Crippen LogP contribution < -0.4 is 5.32 Å². The summed E-state index contributed by atoms with van der Waals surface area (Å²) in [5, 5.41) is 3.30. The molecule has 4 nitrogen and oxygen atoms in total. The Bertz CT molecular complexity index is 358. The van der Waals surface area contributed by atoms with Gasteiger partial charge in [-0.2, -0.15) is 0 Å². The number of methoxy groups -OCH3 is 1. The first-order valence-corrected chi connectivity index (χ1v) is 5.98. The van der Waals surface area contributed by atoms with Crippen molar-refractivity contribution in [3.63, 3.8) is 0 Å². The third-order valence-corrected chi connectivity index (χ3v) is 2.91. The Kier molecular flexibility index (Phi) is 5.22. The number of ether oxygens (including phenoxy) is 1. The van der Waals surface area contributed by atoms with Crippen LogP contribution in [0.3, 0.4) is 0 Å². The van der Waals surface area contributed by atoms with Crippen molar-refractivity contribution in [1.29, 1.82) is 0 Å². The Labute approximate surface area is 103 Å². The monoisotopic (exact) mass is 238 g/mol. The van der Waals surface area contributed by atoms with Gasteiger partial charge in [-0.3, -0.25) is 4.79 Å². The van der Waals surface area contributed by atoms with Gasteiger partial charge in [-0.1, -0.05) is 13.8 Å². The molecular formula is C13H22N2O2. The topological polar surface area (TPSA) is 43.3 Å². The van der Waals surface area contributed by atoms with Crippen LogP contribution >= 0.6 is 0 Å². The molecule has 0 saturated carbocycles. The minimum Gasteiger partial charge on any atom is -0.469 e. The van der Waals surface area contributed by atoms with E-state index in [4.69, 9.17) is 0 Å². The predicted molar refractivity (Wildman–Crippen MR) is 67.7 cm³/mol. The molecule has 0 saturated heterocycles. The van der Waals surface area contributed by atoms with Crippen LogP contribution in [0.4, 0.5) is 0 Å². The minimum absolute atomic E-state index is 0.172. The van der Waals surface area contributed by atoms with Gasteiger partial charge in [0.15, 0.2) is 0 Å². The maximum absolute atomic E-state index is 11.0. The van der Waals surface area contributed by atoms with Crippen molar-refractivity contribution in [3.05, 3.63) is 24.0 Å². The van der Waals surface area contributed by atoms with E-state index in [0.717, 1.165) is 0 Å². The lowest BCUT2D eigenvalue weighted by Crippen LogP contribution is -2.21. The van der Waals surface area contributed by atoms with Crippen LogP contribution in [0.15, 0.2) is 18.5 Å². The molecule has 96 valence electrons. The van der Waals surface area contributed by atoms with Gasteiger partial charge in [0.1, 0.15) is 0 Å². The van der Waals surface area contributed by atoms with Gasteiger partial charge in [-0.05, 0) is 24.6 Å². The fraction of sp³-hybridized carbons (Fsp3) is 0.615. The molecule has 0 radical (unpaired) electrons.